The van der Waals surface area contributed by atoms with E-state index >= 15 is 0 Å². The Balaban J connectivity index is 2.69. The van der Waals surface area contributed by atoms with Gasteiger partial charge in [0.1, 0.15) is 6.07 Å². The van der Waals surface area contributed by atoms with Crippen molar-refractivity contribution in [3.05, 3.63) is 28.8 Å². The summed E-state index contributed by atoms with van der Waals surface area (Å²) in [6, 6.07) is 5.62. The minimum atomic E-state index is -0.927. The van der Waals surface area contributed by atoms with Crippen molar-refractivity contribution >= 4 is 29.2 Å². The van der Waals surface area contributed by atoms with E-state index in [9.17, 15) is 9.59 Å². The molecule has 3 amide bonds. The average Bonchev–Trinajstić information content (AvgIpc) is 2.25. The van der Waals surface area contributed by atoms with Gasteiger partial charge < -0.3 is 11.1 Å². The second-order valence-corrected chi connectivity index (χ2v) is 3.50. The van der Waals surface area contributed by atoms with Gasteiger partial charge in [0.15, 0.2) is 0 Å². The van der Waals surface area contributed by atoms with Crippen molar-refractivity contribution in [2.24, 2.45) is 5.73 Å². The Morgan fingerprint density at radius 3 is 2.76 bits per heavy atom. The molecule has 0 aliphatic rings. The van der Waals surface area contributed by atoms with Gasteiger partial charge in [0.05, 0.1) is 17.8 Å². The van der Waals surface area contributed by atoms with Crippen LogP contribution in [-0.4, -0.2) is 18.5 Å². The van der Waals surface area contributed by atoms with Crippen LogP contribution in [0.25, 0.3) is 0 Å². The lowest BCUT2D eigenvalue weighted by molar-refractivity contribution is -0.118. The van der Waals surface area contributed by atoms with Gasteiger partial charge in [-0.1, -0.05) is 11.6 Å². The van der Waals surface area contributed by atoms with Gasteiger partial charge in [-0.15, -0.1) is 0 Å². The van der Waals surface area contributed by atoms with Gasteiger partial charge in [0.25, 0.3) is 0 Å². The number of hydrogen-bond acceptors (Lipinski definition) is 4. The minimum Gasteiger partial charge on any atom is -0.375 e. The first-order valence-electron chi connectivity index (χ1n) is 4.55. The maximum absolute atomic E-state index is 11.1. The maximum Gasteiger partial charge on any atom is 0.318 e. The van der Waals surface area contributed by atoms with Crippen molar-refractivity contribution < 1.29 is 9.59 Å². The topological polar surface area (TPSA) is 108 Å². The molecule has 1 rings (SSSR count). The van der Waals surface area contributed by atoms with Gasteiger partial charge in [-0.25, -0.2) is 4.79 Å². The van der Waals surface area contributed by atoms with Crippen LogP contribution < -0.4 is 16.4 Å². The fraction of sp³-hybridized carbons (Fsp3) is 0.100. The molecule has 1 aromatic carbocycles. The Hall–Kier alpha value is -2.26. The third-order valence-electron chi connectivity index (χ3n) is 1.80. The molecular formula is C10H9ClN4O2. The Morgan fingerprint density at radius 1 is 1.47 bits per heavy atom. The number of primary amides is 1. The van der Waals surface area contributed by atoms with Gasteiger partial charge in [-0.3, -0.25) is 10.1 Å². The Morgan fingerprint density at radius 2 is 2.18 bits per heavy atom. The highest BCUT2D eigenvalue weighted by Gasteiger charge is 2.06. The number of nitrogens with two attached hydrogens (primary N) is 1. The van der Waals surface area contributed by atoms with E-state index < -0.39 is 11.9 Å². The number of hydrogen-bond donors (Lipinski definition) is 3. The highest BCUT2D eigenvalue weighted by molar-refractivity contribution is 6.30. The van der Waals surface area contributed by atoms with Gasteiger partial charge in [0, 0.05) is 5.02 Å². The SMILES string of the molecule is N#Cc1ccc(Cl)cc1NCC(=O)NC(N)=O. The molecule has 1 aromatic rings. The molecule has 0 saturated carbocycles. The molecule has 0 bridgehead atoms. The number of amides is 3. The molecule has 0 atom stereocenters. The van der Waals surface area contributed by atoms with Crippen LogP contribution in [-0.2, 0) is 4.79 Å². The number of imide groups is 1. The van der Waals surface area contributed by atoms with Crippen molar-refractivity contribution in [3.63, 3.8) is 0 Å². The molecule has 0 aliphatic carbocycles. The number of carbonyl (C=O) groups is 2. The normalized spacial score (nSPS) is 9.18. The smallest absolute Gasteiger partial charge is 0.318 e. The van der Waals surface area contributed by atoms with E-state index in [4.69, 9.17) is 22.6 Å². The molecule has 4 N–H and O–H groups in total. The molecule has 0 unspecified atom stereocenters. The summed E-state index contributed by atoms with van der Waals surface area (Å²) in [5.74, 6) is -0.596. The van der Waals surface area contributed by atoms with Crippen LogP contribution in [0.1, 0.15) is 5.56 Å². The number of benzene rings is 1. The lowest BCUT2D eigenvalue weighted by Gasteiger charge is -2.07. The highest BCUT2D eigenvalue weighted by Crippen LogP contribution is 2.19. The van der Waals surface area contributed by atoms with Crippen molar-refractivity contribution in [2.75, 3.05) is 11.9 Å². The number of anilines is 1. The summed E-state index contributed by atoms with van der Waals surface area (Å²) in [7, 11) is 0. The van der Waals surface area contributed by atoms with Crippen LogP contribution >= 0.6 is 11.6 Å². The predicted octanol–water partition coefficient (Wildman–Crippen LogP) is 0.818. The minimum absolute atomic E-state index is 0.183. The van der Waals surface area contributed by atoms with Crippen LogP contribution in [0.2, 0.25) is 5.02 Å². The van der Waals surface area contributed by atoms with E-state index in [0.717, 1.165) is 0 Å². The summed E-state index contributed by atoms with van der Waals surface area (Å²) in [4.78, 5) is 21.5. The second-order valence-electron chi connectivity index (χ2n) is 3.07. The lowest BCUT2D eigenvalue weighted by atomic mass is 10.2. The summed E-state index contributed by atoms with van der Waals surface area (Å²) in [5, 5.41) is 13.8. The quantitative estimate of drug-likeness (QED) is 0.740. The van der Waals surface area contributed by atoms with Gasteiger partial charge in [-0.2, -0.15) is 5.26 Å². The average molecular weight is 253 g/mol. The predicted molar refractivity (Wildman–Crippen MR) is 62.4 cm³/mol. The zero-order valence-corrected chi connectivity index (χ0v) is 9.41. The van der Waals surface area contributed by atoms with E-state index in [1.54, 1.807) is 6.07 Å². The molecule has 0 aliphatic heterocycles. The van der Waals surface area contributed by atoms with E-state index in [2.05, 4.69) is 5.32 Å². The standard InChI is InChI=1S/C10H9ClN4O2/c11-7-2-1-6(4-12)8(3-7)14-5-9(16)15-10(13)17/h1-3,14H,5H2,(H3,13,15,16,17). The van der Waals surface area contributed by atoms with Crippen LogP contribution in [0.5, 0.6) is 0 Å². The summed E-state index contributed by atoms with van der Waals surface area (Å²) in [6.07, 6.45) is 0. The van der Waals surface area contributed by atoms with E-state index in [0.29, 0.717) is 16.3 Å². The number of carbonyl (C=O) groups excluding carboxylic acids is 2. The molecule has 0 aromatic heterocycles. The molecule has 6 nitrogen and oxygen atoms in total. The molecule has 0 spiro atoms. The van der Waals surface area contributed by atoms with Crippen molar-refractivity contribution in [3.8, 4) is 6.07 Å². The zero-order valence-electron chi connectivity index (χ0n) is 8.66. The van der Waals surface area contributed by atoms with Crippen LogP contribution in [0.4, 0.5) is 10.5 Å². The molecule has 7 heteroatoms. The summed E-state index contributed by atoms with van der Waals surface area (Å²) >= 11 is 5.75. The number of urea groups is 1. The largest absolute Gasteiger partial charge is 0.375 e. The monoisotopic (exact) mass is 252 g/mol. The fourth-order valence-electron chi connectivity index (χ4n) is 1.12. The first-order valence-corrected chi connectivity index (χ1v) is 4.93. The van der Waals surface area contributed by atoms with Crippen LogP contribution in [0.15, 0.2) is 18.2 Å². The first-order chi connectivity index (χ1) is 8.02. The van der Waals surface area contributed by atoms with Crippen molar-refractivity contribution in [1.29, 1.82) is 5.26 Å². The zero-order chi connectivity index (χ0) is 12.8. The molecular weight excluding hydrogens is 244 g/mol. The molecule has 0 heterocycles. The third-order valence-corrected chi connectivity index (χ3v) is 2.04. The van der Waals surface area contributed by atoms with Crippen molar-refractivity contribution in [1.82, 2.24) is 5.32 Å². The molecule has 0 radical (unpaired) electrons. The second kappa shape index (κ2) is 5.72. The van der Waals surface area contributed by atoms with E-state index in [1.807, 2.05) is 11.4 Å². The maximum atomic E-state index is 11.1. The molecule has 17 heavy (non-hydrogen) atoms. The van der Waals surface area contributed by atoms with Crippen molar-refractivity contribution in [2.45, 2.75) is 0 Å². The van der Waals surface area contributed by atoms with Gasteiger partial charge in [-0.05, 0) is 18.2 Å². The van der Waals surface area contributed by atoms with E-state index in [-0.39, 0.29) is 6.54 Å². The summed E-state index contributed by atoms with van der Waals surface area (Å²) in [5.41, 5.74) is 5.54. The number of nitrogens with zero attached hydrogens (tertiary/aromatic N) is 1. The number of rotatable bonds is 3. The van der Waals surface area contributed by atoms with Gasteiger partial charge in [0.2, 0.25) is 5.91 Å². The number of halogens is 1. The van der Waals surface area contributed by atoms with Gasteiger partial charge >= 0.3 is 6.03 Å². The molecule has 0 saturated heterocycles. The molecule has 0 fully saturated rings. The van der Waals surface area contributed by atoms with E-state index in [1.165, 1.54) is 12.1 Å². The fourth-order valence-corrected chi connectivity index (χ4v) is 1.29. The number of nitrogens with one attached hydrogen (secondary N) is 2. The Kier molecular flexibility index (Phi) is 4.31. The molecule has 88 valence electrons. The number of nitriles is 1. The van der Waals surface area contributed by atoms with Crippen LogP contribution in [0, 0.1) is 11.3 Å². The summed E-state index contributed by atoms with van der Waals surface area (Å²) in [6.45, 7) is -0.183. The Labute approximate surface area is 102 Å². The Bertz CT molecular complexity index is 496. The van der Waals surface area contributed by atoms with Crippen LogP contribution in [0.3, 0.4) is 0 Å². The lowest BCUT2D eigenvalue weighted by Crippen LogP contribution is -2.38. The summed E-state index contributed by atoms with van der Waals surface area (Å²) < 4.78 is 0. The third kappa shape index (κ3) is 4.01. The highest BCUT2D eigenvalue weighted by atomic mass is 35.5. The first kappa shape index (κ1) is 12.8.